The van der Waals surface area contributed by atoms with Gasteiger partial charge in [0.15, 0.2) is 0 Å². The molecule has 7 nitrogen and oxygen atoms in total. The van der Waals surface area contributed by atoms with Gasteiger partial charge in [-0.25, -0.2) is 0 Å². The van der Waals surface area contributed by atoms with Gasteiger partial charge in [-0.2, -0.15) is 0 Å². The smallest absolute Gasteiger partial charge is 0.126 e. The first-order valence-corrected chi connectivity index (χ1v) is 12.2. The van der Waals surface area contributed by atoms with Crippen LogP contribution >= 0.6 is 0 Å². The standard InChI is InChI=1S/C25H38O7/c1-27-20-14-18-16-31-23-8-4-2-6-21(23)29-12-10-28-11-13-30-22-7-3-5-9-24(22)32-17-19(15-20)25(18)26/h14-15,21-24,26H,2-13,16-17H2,1H3/t21-,22-,23+,24+/m1/s1. The molecule has 1 N–H and O–H groups in total. The van der Waals surface area contributed by atoms with Crippen molar-refractivity contribution in [1.29, 1.82) is 0 Å². The topological polar surface area (TPSA) is 75.6 Å². The first kappa shape index (κ1) is 23.8. The lowest BCUT2D eigenvalue weighted by Crippen LogP contribution is -2.36. The van der Waals surface area contributed by atoms with Crippen molar-refractivity contribution in [3.05, 3.63) is 23.3 Å². The van der Waals surface area contributed by atoms with Crippen molar-refractivity contribution in [2.45, 2.75) is 89.0 Å². The molecule has 180 valence electrons. The highest BCUT2D eigenvalue weighted by Gasteiger charge is 2.29. The van der Waals surface area contributed by atoms with Crippen molar-refractivity contribution in [1.82, 2.24) is 0 Å². The van der Waals surface area contributed by atoms with E-state index in [2.05, 4.69) is 0 Å². The zero-order valence-electron chi connectivity index (χ0n) is 19.3. The molecule has 4 atom stereocenters. The van der Waals surface area contributed by atoms with Crippen molar-refractivity contribution < 1.29 is 33.5 Å². The van der Waals surface area contributed by atoms with E-state index in [1.165, 1.54) is 0 Å². The minimum atomic E-state index is 0.0132. The van der Waals surface area contributed by atoms with E-state index in [0.717, 1.165) is 51.4 Å². The maximum atomic E-state index is 11.0. The van der Waals surface area contributed by atoms with Crippen molar-refractivity contribution in [3.63, 3.8) is 0 Å². The molecule has 0 spiro atoms. The van der Waals surface area contributed by atoms with Crippen LogP contribution in [0.3, 0.4) is 0 Å². The number of methoxy groups -OCH3 is 1. The van der Waals surface area contributed by atoms with Crippen LogP contribution in [0.2, 0.25) is 0 Å². The fourth-order valence-corrected chi connectivity index (χ4v) is 4.97. The number of hydrogen-bond donors (Lipinski definition) is 1. The normalized spacial score (nSPS) is 30.9. The fraction of sp³-hybridized carbons (Fsp3) is 0.760. The molecule has 2 bridgehead atoms. The summed E-state index contributed by atoms with van der Waals surface area (Å²) in [5, 5.41) is 11.0. The maximum absolute atomic E-state index is 11.0. The highest BCUT2D eigenvalue weighted by molar-refractivity contribution is 5.46. The number of rotatable bonds is 1. The van der Waals surface area contributed by atoms with E-state index >= 15 is 0 Å². The van der Waals surface area contributed by atoms with E-state index in [9.17, 15) is 5.11 Å². The van der Waals surface area contributed by atoms with E-state index in [1.54, 1.807) is 7.11 Å². The van der Waals surface area contributed by atoms with E-state index in [1.807, 2.05) is 12.1 Å². The molecular weight excluding hydrogens is 412 g/mol. The number of phenols is 1. The summed E-state index contributed by atoms with van der Waals surface area (Å²) in [6, 6.07) is 3.69. The third-order valence-electron chi connectivity index (χ3n) is 6.79. The van der Waals surface area contributed by atoms with Gasteiger partial charge < -0.3 is 33.5 Å². The second-order valence-electron chi connectivity index (χ2n) is 8.99. The molecule has 0 unspecified atom stereocenters. The number of phenolic OH excluding ortho intramolecular Hbond substituents is 1. The average Bonchev–Trinajstić information content (AvgIpc) is 2.82. The van der Waals surface area contributed by atoms with Crippen molar-refractivity contribution in [3.8, 4) is 11.5 Å². The molecule has 32 heavy (non-hydrogen) atoms. The van der Waals surface area contributed by atoms with Crippen molar-refractivity contribution in [2.75, 3.05) is 33.5 Å². The molecule has 4 rings (SSSR count). The number of aromatic hydroxyl groups is 1. The molecule has 2 fully saturated rings. The second-order valence-corrected chi connectivity index (χ2v) is 8.99. The van der Waals surface area contributed by atoms with Crippen LogP contribution < -0.4 is 4.74 Å². The van der Waals surface area contributed by atoms with Crippen LogP contribution in [-0.4, -0.2) is 63.1 Å². The van der Waals surface area contributed by atoms with Gasteiger partial charge in [0.2, 0.25) is 0 Å². The molecule has 0 amide bonds. The Morgan fingerprint density at radius 3 is 1.56 bits per heavy atom. The molecule has 1 aromatic rings. The SMILES string of the molecule is COc1cc2c(O)c(c1)CO[C@H]1CCCC[C@H]1OCCOCCO[C@@H]1CCCC[C@@H]1OC2. The first-order valence-electron chi connectivity index (χ1n) is 12.2. The second kappa shape index (κ2) is 12.2. The zero-order valence-corrected chi connectivity index (χ0v) is 19.3. The minimum Gasteiger partial charge on any atom is -0.507 e. The molecule has 7 heteroatoms. The highest BCUT2D eigenvalue weighted by atomic mass is 16.6. The molecule has 2 saturated carbocycles. The van der Waals surface area contributed by atoms with E-state index in [-0.39, 0.29) is 30.2 Å². The summed E-state index contributed by atoms with van der Waals surface area (Å²) in [6.07, 6.45) is 8.59. The molecule has 3 aliphatic rings. The molecule has 2 aliphatic carbocycles. The molecule has 0 aromatic heterocycles. The van der Waals surface area contributed by atoms with Crippen LogP contribution in [0, 0.1) is 0 Å². The van der Waals surface area contributed by atoms with Gasteiger partial charge in [0.1, 0.15) is 11.5 Å². The van der Waals surface area contributed by atoms with Crippen molar-refractivity contribution >= 4 is 0 Å². The van der Waals surface area contributed by atoms with Gasteiger partial charge in [0.25, 0.3) is 0 Å². The van der Waals surface area contributed by atoms with Crippen LogP contribution in [0.1, 0.15) is 62.5 Å². The summed E-state index contributed by atoms with van der Waals surface area (Å²) >= 11 is 0. The minimum absolute atomic E-state index is 0.0132. The van der Waals surface area contributed by atoms with Gasteiger partial charge >= 0.3 is 0 Å². The van der Waals surface area contributed by atoms with E-state index < -0.39 is 0 Å². The third kappa shape index (κ3) is 6.35. The zero-order chi connectivity index (χ0) is 22.2. The predicted molar refractivity (Wildman–Crippen MR) is 119 cm³/mol. The summed E-state index contributed by atoms with van der Waals surface area (Å²) in [5.41, 5.74) is 1.43. The Hall–Kier alpha value is -1.38. The Bertz CT molecular complexity index is 657. The maximum Gasteiger partial charge on any atom is 0.126 e. The quantitative estimate of drug-likeness (QED) is 0.690. The first-order chi connectivity index (χ1) is 15.7. The van der Waals surface area contributed by atoms with Crippen LogP contribution in [0.4, 0.5) is 0 Å². The van der Waals surface area contributed by atoms with Crippen molar-refractivity contribution in [2.24, 2.45) is 0 Å². The fourth-order valence-electron chi connectivity index (χ4n) is 4.97. The average molecular weight is 451 g/mol. The van der Waals surface area contributed by atoms with Crippen LogP contribution in [0.5, 0.6) is 11.5 Å². The number of hydrogen-bond acceptors (Lipinski definition) is 7. The molecule has 1 heterocycles. The van der Waals surface area contributed by atoms with E-state index in [0.29, 0.717) is 56.5 Å². The molecular formula is C25H38O7. The Kier molecular flexibility index (Phi) is 9.05. The van der Waals surface area contributed by atoms with Gasteiger partial charge in [0.05, 0.1) is 71.2 Å². The Balaban J connectivity index is 1.52. The van der Waals surface area contributed by atoms with Gasteiger partial charge in [-0.3, -0.25) is 0 Å². The van der Waals surface area contributed by atoms with Crippen LogP contribution in [0.25, 0.3) is 0 Å². The van der Waals surface area contributed by atoms with Crippen LogP contribution in [-0.2, 0) is 36.9 Å². The number of ether oxygens (including phenoxy) is 6. The summed E-state index contributed by atoms with van der Waals surface area (Å²) in [5.74, 6) is 0.918. The largest absolute Gasteiger partial charge is 0.507 e. The molecule has 0 radical (unpaired) electrons. The summed E-state index contributed by atoms with van der Waals surface area (Å²) < 4.78 is 36.0. The Morgan fingerprint density at radius 1 is 0.688 bits per heavy atom. The van der Waals surface area contributed by atoms with Crippen LogP contribution in [0.15, 0.2) is 12.1 Å². The highest BCUT2D eigenvalue weighted by Crippen LogP contribution is 2.33. The third-order valence-corrected chi connectivity index (χ3v) is 6.79. The monoisotopic (exact) mass is 450 g/mol. The van der Waals surface area contributed by atoms with E-state index in [4.69, 9.17) is 28.4 Å². The number of fused-ring (bicyclic) bond motifs is 4. The Morgan fingerprint density at radius 2 is 1.12 bits per heavy atom. The lowest BCUT2D eigenvalue weighted by atomic mass is 9.94. The number of benzene rings is 1. The molecule has 0 saturated heterocycles. The summed E-state index contributed by atoms with van der Waals surface area (Å²) in [7, 11) is 1.64. The van der Waals surface area contributed by atoms with Gasteiger partial charge in [-0.05, 0) is 37.8 Å². The molecule has 1 aromatic carbocycles. The Labute approximate surface area is 191 Å². The lowest BCUT2D eigenvalue weighted by Gasteiger charge is -2.32. The van der Waals surface area contributed by atoms with Gasteiger partial charge in [0, 0.05) is 11.1 Å². The summed E-state index contributed by atoms with van der Waals surface area (Å²) in [6.45, 7) is 2.83. The summed E-state index contributed by atoms with van der Waals surface area (Å²) in [4.78, 5) is 0. The predicted octanol–water partition coefficient (Wildman–Crippen LogP) is 4.12. The van der Waals surface area contributed by atoms with Gasteiger partial charge in [-0.15, -0.1) is 0 Å². The lowest BCUT2D eigenvalue weighted by molar-refractivity contribution is -0.119. The van der Waals surface area contributed by atoms with Gasteiger partial charge in [-0.1, -0.05) is 25.7 Å². The molecule has 1 aliphatic heterocycles.